The predicted octanol–water partition coefficient (Wildman–Crippen LogP) is 3.60. The summed E-state index contributed by atoms with van der Waals surface area (Å²) in [6.45, 7) is 3.39. The predicted molar refractivity (Wildman–Crippen MR) is 99.8 cm³/mol. The number of aryl methyl sites for hydroxylation is 1. The maximum atomic E-state index is 12.2. The standard InChI is InChI=1S/C19H21NO5S/c1-12-8-10-17(26-12)15(21)9-11-18(22)25-13(2)19(23)20-14-6-4-5-7-16(14)24-3/h4-8,10,13H,9,11H2,1-3H3,(H,20,23)/t13-/m1/s1. The molecular weight excluding hydrogens is 354 g/mol. The minimum absolute atomic E-state index is 0.0552. The van der Waals surface area contributed by atoms with Gasteiger partial charge in [-0.1, -0.05) is 12.1 Å². The molecule has 0 unspecified atom stereocenters. The smallest absolute Gasteiger partial charge is 0.307 e. The Morgan fingerprint density at radius 3 is 2.50 bits per heavy atom. The number of benzene rings is 1. The van der Waals surface area contributed by atoms with E-state index in [2.05, 4.69) is 5.32 Å². The van der Waals surface area contributed by atoms with Crippen molar-refractivity contribution >= 4 is 34.7 Å². The molecule has 6 nitrogen and oxygen atoms in total. The van der Waals surface area contributed by atoms with Crippen LogP contribution in [0.4, 0.5) is 5.69 Å². The Labute approximate surface area is 156 Å². The molecule has 2 aromatic rings. The molecule has 1 aromatic heterocycles. The van der Waals surface area contributed by atoms with Crippen LogP contribution in [0.2, 0.25) is 0 Å². The van der Waals surface area contributed by atoms with Crippen molar-refractivity contribution in [3.63, 3.8) is 0 Å². The van der Waals surface area contributed by atoms with E-state index in [1.54, 1.807) is 30.3 Å². The van der Waals surface area contributed by atoms with Crippen LogP contribution in [0.5, 0.6) is 5.75 Å². The monoisotopic (exact) mass is 375 g/mol. The lowest BCUT2D eigenvalue weighted by Crippen LogP contribution is -2.30. The van der Waals surface area contributed by atoms with Gasteiger partial charge in [-0.05, 0) is 38.1 Å². The lowest BCUT2D eigenvalue weighted by molar-refractivity contribution is -0.153. The molecule has 2 rings (SSSR count). The second-order valence-corrected chi connectivity index (χ2v) is 6.94. The van der Waals surface area contributed by atoms with E-state index in [-0.39, 0.29) is 18.6 Å². The van der Waals surface area contributed by atoms with E-state index in [1.807, 2.05) is 13.0 Å². The van der Waals surface area contributed by atoms with Gasteiger partial charge < -0.3 is 14.8 Å². The van der Waals surface area contributed by atoms with E-state index >= 15 is 0 Å². The van der Waals surface area contributed by atoms with Crippen LogP contribution in [0.1, 0.15) is 34.3 Å². The lowest BCUT2D eigenvalue weighted by atomic mass is 10.2. The summed E-state index contributed by atoms with van der Waals surface area (Å²) in [4.78, 5) is 37.7. The number of methoxy groups -OCH3 is 1. The molecule has 0 aliphatic rings. The molecule has 0 bridgehead atoms. The number of hydrogen-bond acceptors (Lipinski definition) is 6. The van der Waals surface area contributed by atoms with Crippen molar-refractivity contribution in [3.8, 4) is 5.75 Å². The van der Waals surface area contributed by atoms with Crippen molar-refractivity contribution < 1.29 is 23.9 Å². The Morgan fingerprint density at radius 2 is 1.85 bits per heavy atom. The second kappa shape index (κ2) is 9.15. The fourth-order valence-electron chi connectivity index (χ4n) is 2.22. The average Bonchev–Trinajstić information content (AvgIpc) is 3.06. The van der Waals surface area contributed by atoms with Gasteiger partial charge in [0.1, 0.15) is 5.75 Å². The maximum Gasteiger partial charge on any atom is 0.307 e. The van der Waals surface area contributed by atoms with Crippen molar-refractivity contribution in [3.05, 3.63) is 46.2 Å². The number of hydrogen-bond donors (Lipinski definition) is 1. The summed E-state index contributed by atoms with van der Waals surface area (Å²) in [7, 11) is 1.50. The van der Waals surface area contributed by atoms with E-state index in [9.17, 15) is 14.4 Å². The lowest BCUT2D eigenvalue weighted by Gasteiger charge is -2.15. The largest absolute Gasteiger partial charge is 0.495 e. The van der Waals surface area contributed by atoms with Crippen LogP contribution in [-0.2, 0) is 14.3 Å². The number of nitrogens with one attached hydrogen (secondary N) is 1. The highest BCUT2D eigenvalue weighted by Gasteiger charge is 2.20. The molecule has 0 radical (unpaired) electrons. The van der Waals surface area contributed by atoms with Gasteiger partial charge in [0.25, 0.3) is 5.91 Å². The van der Waals surface area contributed by atoms with Crippen molar-refractivity contribution in [2.45, 2.75) is 32.8 Å². The van der Waals surface area contributed by atoms with Gasteiger partial charge in [0.05, 0.1) is 24.1 Å². The first kappa shape index (κ1) is 19.7. The molecule has 0 spiro atoms. The van der Waals surface area contributed by atoms with Gasteiger partial charge in [-0.15, -0.1) is 11.3 Å². The van der Waals surface area contributed by atoms with Crippen LogP contribution in [0, 0.1) is 6.92 Å². The average molecular weight is 375 g/mol. The first-order chi connectivity index (χ1) is 12.4. The number of esters is 1. The summed E-state index contributed by atoms with van der Waals surface area (Å²) in [6, 6.07) is 10.5. The first-order valence-corrected chi connectivity index (χ1v) is 8.95. The van der Waals surface area contributed by atoms with Gasteiger partial charge in [0, 0.05) is 11.3 Å². The van der Waals surface area contributed by atoms with Gasteiger partial charge in [-0.2, -0.15) is 0 Å². The number of para-hydroxylation sites is 2. The highest BCUT2D eigenvalue weighted by Crippen LogP contribution is 2.23. The molecule has 1 heterocycles. The van der Waals surface area contributed by atoms with Gasteiger partial charge in [-0.25, -0.2) is 0 Å². The molecule has 0 saturated heterocycles. The molecule has 0 aliphatic heterocycles. The number of anilines is 1. The molecule has 0 saturated carbocycles. The summed E-state index contributed by atoms with van der Waals surface area (Å²) in [5, 5.41) is 2.65. The van der Waals surface area contributed by atoms with Gasteiger partial charge in [0.2, 0.25) is 0 Å². The Morgan fingerprint density at radius 1 is 1.12 bits per heavy atom. The van der Waals surface area contributed by atoms with E-state index in [0.717, 1.165) is 4.88 Å². The minimum Gasteiger partial charge on any atom is -0.495 e. The third-order valence-corrected chi connectivity index (χ3v) is 4.66. The highest BCUT2D eigenvalue weighted by molar-refractivity contribution is 7.14. The molecule has 138 valence electrons. The molecule has 1 aromatic carbocycles. The quantitative estimate of drug-likeness (QED) is 0.563. The SMILES string of the molecule is COc1ccccc1NC(=O)[C@@H](C)OC(=O)CCC(=O)c1ccc(C)s1. The van der Waals surface area contributed by atoms with E-state index in [0.29, 0.717) is 16.3 Å². The topological polar surface area (TPSA) is 81.7 Å². The Kier molecular flexibility index (Phi) is 6.91. The molecule has 1 amide bonds. The van der Waals surface area contributed by atoms with Crippen molar-refractivity contribution in [1.29, 1.82) is 0 Å². The van der Waals surface area contributed by atoms with Crippen LogP contribution in [0.15, 0.2) is 36.4 Å². The number of ketones is 1. The van der Waals surface area contributed by atoms with E-state index in [4.69, 9.17) is 9.47 Å². The molecule has 1 atom stereocenters. The zero-order chi connectivity index (χ0) is 19.1. The maximum absolute atomic E-state index is 12.2. The zero-order valence-corrected chi connectivity index (χ0v) is 15.7. The number of carbonyl (C=O) groups excluding carboxylic acids is 3. The summed E-state index contributed by atoms with van der Waals surface area (Å²) < 4.78 is 10.3. The minimum atomic E-state index is -0.980. The molecule has 7 heteroatoms. The van der Waals surface area contributed by atoms with Crippen LogP contribution < -0.4 is 10.1 Å². The number of carbonyl (C=O) groups is 3. The van der Waals surface area contributed by atoms with E-state index in [1.165, 1.54) is 25.4 Å². The van der Waals surface area contributed by atoms with Crippen molar-refractivity contribution in [1.82, 2.24) is 0 Å². The molecule has 0 aliphatic carbocycles. The summed E-state index contributed by atoms with van der Waals surface area (Å²) in [5.41, 5.74) is 0.492. The highest BCUT2D eigenvalue weighted by atomic mass is 32.1. The number of thiophene rings is 1. The third-order valence-electron chi connectivity index (χ3n) is 3.61. The zero-order valence-electron chi connectivity index (χ0n) is 14.9. The fourth-order valence-corrected chi connectivity index (χ4v) is 3.05. The van der Waals surface area contributed by atoms with Crippen LogP contribution >= 0.6 is 11.3 Å². The second-order valence-electron chi connectivity index (χ2n) is 5.66. The number of ether oxygens (including phenoxy) is 2. The Bertz CT molecular complexity index is 799. The molecule has 1 N–H and O–H groups in total. The Hall–Kier alpha value is -2.67. The molecule has 0 fully saturated rings. The van der Waals surface area contributed by atoms with Crippen LogP contribution in [-0.4, -0.2) is 30.9 Å². The number of rotatable bonds is 8. The van der Waals surface area contributed by atoms with Crippen molar-refractivity contribution in [2.75, 3.05) is 12.4 Å². The molecule has 26 heavy (non-hydrogen) atoms. The van der Waals surface area contributed by atoms with Gasteiger partial charge in [0.15, 0.2) is 11.9 Å². The van der Waals surface area contributed by atoms with Crippen LogP contribution in [0.25, 0.3) is 0 Å². The normalized spacial score (nSPS) is 11.5. The van der Waals surface area contributed by atoms with Crippen molar-refractivity contribution in [2.24, 2.45) is 0 Å². The number of amides is 1. The third kappa shape index (κ3) is 5.42. The summed E-state index contributed by atoms with van der Waals surface area (Å²) >= 11 is 1.39. The first-order valence-electron chi connectivity index (χ1n) is 8.13. The summed E-state index contributed by atoms with van der Waals surface area (Å²) in [5.74, 6) is -0.653. The van der Waals surface area contributed by atoms with Gasteiger partial charge >= 0.3 is 5.97 Å². The van der Waals surface area contributed by atoms with E-state index < -0.39 is 18.0 Å². The van der Waals surface area contributed by atoms with Gasteiger partial charge in [-0.3, -0.25) is 14.4 Å². The Balaban J connectivity index is 1.82. The molecular formula is C19H21NO5S. The van der Waals surface area contributed by atoms with Crippen LogP contribution in [0.3, 0.4) is 0 Å². The summed E-state index contributed by atoms with van der Waals surface area (Å²) in [6.07, 6.45) is -0.992. The number of Topliss-reactive ketones (excluding diaryl/α,β-unsaturated/α-hetero) is 1. The fraction of sp³-hybridized carbons (Fsp3) is 0.316.